The highest BCUT2D eigenvalue weighted by molar-refractivity contribution is 7.22. The van der Waals surface area contributed by atoms with Crippen LogP contribution in [0, 0.1) is 0 Å². The molecule has 2 aromatic heterocycles. The summed E-state index contributed by atoms with van der Waals surface area (Å²) in [6.07, 6.45) is 1.28. The molecular formula is C18H16F3N5OS. The molecule has 1 fully saturated rings. The number of rotatable bonds is 3. The molecule has 0 bridgehead atoms. The Bertz CT molecular complexity index is 984. The van der Waals surface area contributed by atoms with Crippen molar-refractivity contribution in [3.63, 3.8) is 0 Å². The molecule has 0 radical (unpaired) electrons. The molecule has 1 amide bonds. The number of piperidine rings is 1. The number of halogens is 3. The fourth-order valence-corrected chi connectivity index (χ4v) is 4.24. The molecule has 6 nitrogen and oxygen atoms in total. The van der Waals surface area contributed by atoms with E-state index in [0.717, 1.165) is 6.07 Å². The van der Waals surface area contributed by atoms with Crippen molar-refractivity contribution in [2.24, 2.45) is 0 Å². The standard InChI is InChI=1S/C18H16F3N5OS/c19-18(20,21)12-2-1-3-14-15(12)25-17(28-14)26-8-4-11(5-9-26)24-16(27)13-10-22-6-7-23-13/h1-3,6-7,10-11H,4-5,8-9H2,(H,24,27). The van der Waals surface area contributed by atoms with Crippen molar-refractivity contribution in [3.8, 4) is 0 Å². The van der Waals surface area contributed by atoms with Gasteiger partial charge in [0, 0.05) is 31.5 Å². The number of hydrogen-bond donors (Lipinski definition) is 1. The molecule has 0 aliphatic carbocycles. The number of nitrogens with zero attached hydrogens (tertiary/aromatic N) is 4. The zero-order valence-electron chi connectivity index (χ0n) is 14.6. The van der Waals surface area contributed by atoms with Crippen LogP contribution in [0.1, 0.15) is 28.9 Å². The van der Waals surface area contributed by atoms with Crippen LogP contribution in [0.2, 0.25) is 0 Å². The molecule has 1 aromatic carbocycles. The predicted molar refractivity (Wildman–Crippen MR) is 99.4 cm³/mol. The molecule has 1 saturated heterocycles. The molecule has 1 N–H and O–H groups in total. The summed E-state index contributed by atoms with van der Waals surface area (Å²) in [5.74, 6) is -0.277. The minimum Gasteiger partial charge on any atom is -0.348 e. The van der Waals surface area contributed by atoms with Crippen LogP contribution in [0.25, 0.3) is 10.2 Å². The van der Waals surface area contributed by atoms with Gasteiger partial charge in [0.05, 0.1) is 22.0 Å². The van der Waals surface area contributed by atoms with E-state index in [1.807, 2.05) is 4.90 Å². The maximum atomic E-state index is 13.2. The van der Waals surface area contributed by atoms with Crippen LogP contribution in [0.15, 0.2) is 36.8 Å². The number of alkyl halides is 3. The van der Waals surface area contributed by atoms with E-state index in [1.54, 1.807) is 6.07 Å². The predicted octanol–water partition coefficient (Wildman–Crippen LogP) is 3.50. The van der Waals surface area contributed by atoms with Gasteiger partial charge in [0.15, 0.2) is 5.13 Å². The summed E-state index contributed by atoms with van der Waals surface area (Å²) in [5, 5.41) is 3.50. The van der Waals surface area contributed by atoms with Crippen LogP contribution in [-0.2, 0) is 6.18 Å². The number of nitrogens with one attached hydrogen (secondary N) is 1. The molecule has 10 heteroatoms. The highest BCUT2D eigenvalue weighted by Crippen LogP contribution is 2.38. The van der Waals surface area contributed by atoms with Crippen LogP contribution in [0.5, 0.6) is 0 Å². The van der Waals surface area contributed by atoms with Crippen molar-refractivity contribution in [3.05, 3.63) is 48.0 Å². The highest BCUT2D eigenvalue weighted by Gasteiger charge is 2.34. The lowest BCUT2D eigenvalue weighted by molar-refractivity contribution is -0.136. The number of carbonyl (C=O) groups is 1. The van der Waals surface area contributed by atoms with Gasteiger partial charge in [0.2, 0.25) is 0 Å². The fraction of sp³-hybridized carbons (Fsp3) is 0.333. The second-order valence-corrected chi connectivity index (χ2v) is 7.48. The molecular weight excluding hydrogens is 391 g/mol. The molecule has 28 heavy (non-hydrogen) atoms. The summed E-state index contributed by atoms with van der Waals surface area (Å²) < 4.78 is 40.1. The molecule has 0 unspecified atom stereocenters. The van der Waals surface area contributed by atoms with E-state index in [9.17, 15) is 18.0 Å². The van der Waals surface area contributed by atoms with Crippen molar-refractivity contribution < 1.29 is 18.0 Å². The van der Waals surface area contributed by atoms with Gasteiger partial charge in [-0.2, -0.15) is 13.2 Å². The third kappa shape index (κ3) is 3.77. The Kier molecular flexibility index (Phi) is 4.88. The van der Waals surface area contributed by atoms with Gasteiger partial charge in [0.1, 0.15) is 5.69 Å². The first kappa shape index (κ1) is 18.6. The Morgan fingerprint density at radius 1 is 1.21 bits per heavy atom. The second kappa shape index (κ2) is 7.34. The van der Waals surface area contributed by atoms with Crippen LogP contribution in [-0.4, -0.2) is 40.0 Å². The number of thiazole rings is 1. The van der Waals surface area contributed by atoms with Crippen LogP contribution < -0.4 is 10.2 Å². The molecule has 3 heterocycles. The number of amides is 1. The van der Waals surface area contributed by atoms with Gasteiger partial charge in [-0.25, -0.2) is 9.97 Å². The number of anilines is 1. The summed E-state index contributed by atoms with van der Waals surface area (Å²) in [6.45, 7) is 1.21. The van der Waals surface area contributed by atoms with Crippen molar-refractivity contribution in [2.45, 2.75) is 25.1 Å². The van der Waals surface area contributed by atoms with E-state index in [1.165, 1.54) is 36.0 Å². The van der Waals surface area contributed by atoms with Gasteiger partial charge < -0.3 is 10.2 Å². The van der Waals surface area contributed by atoms with Gasteiger partial charge in [0.25, 0.3) is 5.91 Å². The van der Waals surface area contributed by atoms with Crippen molar-refractivity contribution in [2.75, 3.05) is 18.0 Å². The van der Waals surface area contributed by atoms with Crippen molar-refractivity contribution in [1.82, 2.24) is 20.3 Å². The normalized spacial score (nSPS) is 15.8. The summed E-state index contributed by atoms with van der Waals surface area (Å²) >= 11 is 1.26. The molecule has 0 atom stereocenters. The summed E-state index contributed by atoms with van der Waals surface area (Å²) in [7, 11) is 0. The van der Waals surface area contributed by atoms with Gasteiger partial charge in [-0.05, 0) is 25.0 Å². The van der Waals surface area contributed by atoms with E-state index < -0.39 is 11.7 Å². The minimum absolute atomic E-state index is 0.00641. The number of hydrogen-bond acceptors (Lipinski definition) is 6. The Morgan fingerprint density at radius 2 is 2.00 bits per heavy atom. The Balaban J connectivity index is 1.43. The SMILES string of the molecule is O=C(NC1CCN(c2nc3c(C(F)(F)F)cccc3s2)CC1)c1cnccn1. The van der Waals surface area contributed by atoms with Crippen LogP contribution >= 0.6 is 11.3 Å². The maximum absolute atomic E-state index is 13.2. The number of carbonyl (C=O) groups excluding carboxylic acids is 1. The second-order valence-electron chi connectivity index (χ2n) is 6.47. The van der Waals surface area contributed by atoms with Crippen LogP contribution in [0.3, 0.4) is 0 Å². The van der Waals surface area contributed by atoms with Crippen molar-refractivity contribution >= 4 is 32.6 Å². The highest BCUT2D eigenvalue weighted by atomic mass is 32.1. The lowest BCUT2D eigenvalue weighted by atomic mass is 10.1. The van der Waals surface area contributed by atoms with Gasteiger partial charge in [-0.1, -0.05) is 17.4 Å². The molecule has 0 saturated carbocycles. The first-order chi connectivity index (χ1) is 13.4. The largest absolute Gasteiger partial charge is 0.418 e. The molecule has 146 valence electrons. The third-order valence-electron chi connectivity index (χ3n) is 4.61. The van der Waals surface area contributed by atoms with E-state index in [-0.39, 0.29) is 23.2 Å². The quantitative estimate of drug-likeness (QED) is 0.720. The number of benzene rings is 1. The van der Waals surface area contributed by atoms with Gasteiger partial charge in [-0.15, -0.1) is 0 Å². The Morgan fingerprint density at radius 3 is 2.68 bits per heavy atom. The topological polar surface area (TPSA) is 71.0 Å². The van der Waals surface area contributed by atoms with E-state index in [2.05, 4.69) is 20.3 Å². The van der Waals surface area contributed by atoms with Crippen LogP contribution in [0.4, 0.5) is 18.3 Å². The first-order valence-corrected chi connectivity index (χ1v) is 9.52. The van der Waals surface area contributed by atoms with E-state index in [4.69, 9.17) is 0 Å². The third-order valence-corrected chi connectivity index (χ3v) is 5.69. The lowest BCUT2D eigenvalue weighted by Gasteiger charge is -2.32. The van der Waals surface area contributed by atoms with Gasteiger partial charge >= 0.3 is 6.18 Å². The lowest BCUT2D eigenvalue weighted by Crippen LogP contribution is -2.44. The molecule has 0 spiro atoms. The first-order valence-electron chi connectivity index (χ1n) is 8.70. The number of fused-ring (bicyclic) bond motifs is 1. The average molecular weight is 407 g/mol. The molecule has 1 aliphatic heterocycles. The van der Waals surface area contributed by atoms with E-state index in [0.29, 0.717) is 35.8 Å². The van der Waals surface area contributed by atoms with Gasteiger partial charge in [-0.3, -0.25) is 9.78 Å². The molecule has 3 aromatic rings. The zero-order chi connectivity index (χ0) is 19.7. The molecule has 1 aliphatic rings. The minimum atomic E-state index is -4.43. The maximum Gasteiger partial charge on any atom is 0.418 e. The van der Waals surface area contributed by atoms with E-state index >= 15 is 0 Å². The zero-order valence-corrected chi connectivity index (χ0v) is 15.4. The number of para-hydroxylation sites is 1. The summed E-state index contributed by atoms with van der Waals surface area (Å²) in [5.41, 5.74) is -0.456. The smallest absolute Gasteiger partial charge is 0.348 e. The average Bonchev–Trinajstić information content (AvgIpc) is 3.12. The van der Waals surface area contributed by atoms with Crippen molar-refractivity contribution in [1.29, 1.82) is 0 Å². The number of aromatic nitrogens is 3. The summed E-state index contributed by atoms with van der Waals surface area (Å²) in [6, 6.07) is 4.09. The Hall–Kier alpha value is -2.75. The fourth-order valence-electron chi connectivity index (χ4n) is 3.19. The summed E-state index contributed by atoms with van der Waals surface area (Å²) in [4.78, 5) is 26.2. The monoisotopic (exact) mass is 407 g/mol. The molecule has 4 rings (SSSR count). The Labute approximate surface area is 162 Å².